The monoisotopic (exact) mass is 525 g/mol. The molecule has 1 aliphatic rings. The van der Waals surface area contributed by atoms with E-state index in [0.717, 1.165) is 55.6 Å². The molecule has 0 atom stereocenters. The second kappa shape index (κ2) is 16.3. The summed E-state index contributed by atoms with van der Waals surface area (Å²) in [6.07, 6.45) is 7.30. The summed E-state index contributed by atoms with van der Waals surface area (Å²) in [7, 11) is 0. The minimum Gasteiger partial charge on any atom is -0.478 e. The maximum absolute atomic E-state index is 11.3. The number of carboxylic acids is 1. The highest BCUT2D eigenvalue weighted by Crippen LogP contribution is 2.37. The van der Waals surface area contributed by atoms with Gasteiger partial charge in [-0.25, -0.2) is 9.59 Å². The Kier molecular flexibility index (Phi) is 12.7. The van der Waals surface area contributed by atoms with Gasteiger partial charge >= 0.3 is 11.9 Å². The lowest BCUT2D eigenvalue weighted by molar-refractivity contribution is -0.384. The number of carbonyl (C=O) groups excluding carboxylic acids is 2. The van der Waals surface area contributed by atoms with Gasteiger partial charge < -0.3 is 24.8 Å². The summed E-state index contributed by atoms with van der Waals surface area (Å²) >= 11 is 0. The molecule has 0 bridgehead atoms. The number of nitrogens with zero attached hydrogens (tertiary/aromatic N) is 2. The van der Waals surface area contributed by atoms with Crippen molar-refractivity contribution in [1.82, 2.24) is 5.32 Å². The molecular weight excluding hydrogens is 494 g/mol. The fraction of sp³-hybridized carbons (Fsp3) is 0.296. The van der Waals surface area contributed by atoms with Gasteiger partial charge in [0.25, 0.3) is 12.2 Å². The molecule has 2 aromatic rings. The van der Waals surface area contributed by atoms with Gasteiger partial charge in [-0.1, -0.05) is 30.3 Å². The Labute approximate surface area is 220 Å². The Morgan fingerprint density at radius 2 is 1.87 bits per heavy atom. The first-order chi connectivity index (χ1) is 18.4. The van der Waals surface area contributed by atoms with Crippen molar-refractivity contribution < 1.29 is 33.9 Å². The van der Waals surface area contributed by atoms with Gasteiger partial charge in [0.2, 0.25) is 0 Å². The van der Waals surface area contributed by atoms with Gasteiger partial charge in [0.05, 0.1) is 23.3 Å². The number of para-hydroxylation sites is 1. The van der Waals surface area contributed by atoms with Gasteiger partial charge in [0.15, 0.2) is 0 Å². The van der Waals surface area contributed by atoms with Crippen molar-refractivity contribution >= 4 is 35.5 Å². The number of fused-ring (bicyclic) bond motifs is 2. The predicted molar refractivity (Wildman–Crippen MR) is 141 cm³/mol. The molecular formula is C27H31N3O8. The van der Waals surface area contributed by atoms with Crippen molar-refractivity contribution in [3.8, 4) is 0 Å². The van der Waals surface area contributed by atoms with Gasteiger partial charge in [-0.05, 0) is 49.9 Å². The van der Waals surface area contributed by atoms with Crippen LogP contribution in [0.5, 0.6) is 0 Å². The maximum Gasteiger partial charge on any atom is 0.331 e. The number of esters is 1. The first-order valence-corrected chi connectivity index (χ1v) is 12.0. The maximum atomic E-state index is 11.3. The van der Waals surface area contributed by atoms with Crippen LogP contribution in [0.3, 0.4) is 0 Å². The summed E-state index contributed by atoms with van der Waals surface area (Å²) in [4.78, 5) is 43.4. The van der Waals surface area contributed by atoms with E-state index in [1.165, 1.54) is 11.6 Å². The molecule has 0 spiro atoms. The average Bonchev–Trinajstić information content (AvgIpc) is 3.05. The van der Waals surface area contributed by atoms with Crippen LogP contribution in [0.2, 0.25) is 0 Å². The number of non-ortho nitro benzene ring substituents is 1. The Balaban J connectivity index is 0.000000550. The molecule has 3 rings (SSSR count). The van der Waals surface area contributed by atoms with E-state index >= 15 is 0 Å². The van der Waals surface area contributed by atoms with Gasteiger partial charge in [-0.3, -0.25) is 14.9 Å². The third kappa shape index (κ3) is 9.86. The topological polar surface area (TPSA) is 148 Å². The summed E-state index contributed by atoms with van der Waals surface area (Å²) in [5, 5.41) is 22.5. The number of carbonyl (C=O) groups is 3. The zero-order chi connectivity index (χ0) is 27.8. The van der Waals surface area contributed by atoms with E-state index in [0.29, 0.717) is 19.2 Å². The van der Waals surface area contributed by atoms with Crippen LogP contribution in [0.25, 0.3) is 0 Å². The lowest BCUT2D eigenvalue weighted by atomic mass is 10.0. The SMILES string of the molecule is CCOC(=O)/C=C/CNCCCN1c2ccccc2CCc2ccc([N+](=O)[O-])cc21.O=CO/C=C\C(=O)O. The van der Waals surface area contributed by atoms with Crippen LogP contribution < -0.4 is 10.2 Å². The summed E-state index contributed by atoms with van der Waals surface area (Å²) in [5.41, 5.74) is 4.51. The van der Waals surface area contributed by atoms with Crippen LogP contribution in [0, 0.1) is 10.1 Å². The van der Waals surface area contributed by atoms with Gasteiger partial charge in [0.1, 0.15) is 6.26 Å². The number of hydrogen-bond donors (Lipinski definition) is 2. The molecule has 2 N–H and O–H groups in total. The van der Waals surface area contributed by atoms with Crippen LogP contribution >= 0.6 is 0 Å². The molecule has 1 aliphatic heterocycles. The number of carboxylic acid groups (broad SMARTS) is 1. The molecule has 38 heavy (non-hydrogen) atoms. The van der Waals surface area contributed by atoms with Crippen LogP contribution in [-0.2, 0) is 36.7 Å². The molecule has 11 nitrogen and oxygen atoms in total. The lowest BCUT2D eigenvalue weighted by Gasteiger charge is -2.27. The van der Waals surface area contributed by atoms with Gasteiger partial charge in [-0.15, -0.1) is 0 Å². The summed E-state index contributed by atoms with van der Waals surface area (Å²) in [6, 6.07) is 13.4. The number of ether oxygens (including phenoxy) is 2. The molecule has 0 saturated heterocycles. The Hall–Kier alpha value is -4.51. The van der Waals surface area contributed by atoms with Crippen molar-refractivity contribution in [2.24, 2.45) is 0 Å². The zero-order valence-electron chi connectivity index (χ0n) is 21.1. The number of nitro groups is 1. The number of nitro benzene ring substituents is 1. The second-order valence-corrected chi connectivity index (χ2v) is 7.94. The minimum absolute atomic E-state index is 0.111. The van der Waals surface area contributed by atoms with E-state index in [1.807, 2.05) is 18.2 Å². The van der Waals surface area contributed by atoms with Crippen LogP contribution in [0.1, 0.15) is 24.5 Å². The van der Waals surface area contributed by atoms with E-state index < -0.39 is 5.97 Å². The van der Waals surface area contributed by atoms with Crippen molar-refractivity contribution in [3.05, 3.63) is 88.2 Å². The number of aryl methyl sites for hydroxylation is 2. The van der Waals surface area contributed by atoms with E-state index in [9.17, 15) is 24.5 Å². The highest BCUT2D eigenvalue weighted by Gasteiger charge is 2.22. The lowest BCUT2D eigenvalue weighted by Crippen LogP contribution is -2.24. The number of nitrogens with one attached hydrogen (secondary N) is 1. The molecule has 0 aromatic heterocycles. The number of anilines is 2. The van der Waals surface area contributed by atoms with Crippen LogP contribution in [0.4, 0.5) is 17.1 Å². The molecule has 11 heteroatoms. The Morgan fingerprint density at radius 1 is 1.13 bits per heavy atom. The molecule has 2 aromatic carbocycles. The third-order valence-electron chi connectivity index (χ3n) is 5.40. The van der Waals surface area contributed by atoms with Crippen LogP contribution in [0.15, 0.2) is 67.0 Å². The Morgan fingerprint density at radius 3 is 2.55 bits per heavy atom. The number of aliphatic carboxylic acids is 1. The van der Waals surface area contributed by atoms with Crippen molar-refractivity contribution in [1.29, 1.82) is 0 Å². The Bertz CT molecular complexity index is 1160. The number of benzene rings is 2. The summed E-state index contributed by atoms with van der Waals surface area (Å²) < 4.78 is 8.75. The molecule has 0 saturated carbocycles. The van der Waals surface area contributed by atoms with E-state index in [1.54, 1.807) is 25.1 Å². The largest absolute Gasteiger partial charge is 0.478 e. The summed E-state index contributed by atoms with van der Waals surface area (Å²) in [6.45, 7) is 4.36. The first-order valence-electron chi connectivity index (χ1n) is 12.0. The highest BCUT2D eigenvalue weighted by atomic mass is 16.6. The molecule has 0 radical (unpaired) electrons. The van der Waals surface area contributed by atoms with E-state index in [2.05, 4.69) is 27.1 Å². The van der Waals surface area contributed by atoms with Crippen molar-refractivity contribution in [3.63, 3.8) is 0 Å². The molecule has 0 amide bonds. The van der Waals surface area contributed by atoms with Gasteiger partial charge in [-0.2, -0.15) is 0 Å². The molecule has 0 unspecified atom stereocenters. The second-order valence-electron chi connectivity index (χ2n) is 7.94. The van der Waals surface area contributed by atoms with Crippen molar-refractivity contribution in [2.45, 2.75) is 26.2 Å². The first kappa shape index (κ1) is 29.7. The fourth-order valence-corrected chi connectivity index (χ4v) is 3.78. The highest BCUT2D eigenvalue weighted by molar-refractivity contribution is 5.81. The normalized spacial score (nSPS) is 12.1. The number of rotatable bonds is 12. The summed E-state index contributed by atoms with van der Waals surface area (Å²) in [5.74, 6) is -1.48. The smallest absolute Gasteiger partial charge is 0.331 e. The predicted octanol–water partition coefficient (Wildman–Crippen LogP) is 3.69. The van der Waals surface area contributed by atoms with Gasteiger partial charge in [0, 0.05) is 37.0 Å². The van der Waals surface area contributed by atoms with E-state index in [-0.39, 0.29) is 23.1 Å². The average molecular weight is 526 g/mol. The molecule has 0 aliphatic carbocycles. The fourth-order valence-electron chi connectivity index (χ4n) is 3.78. The standard InChI is InChI=1S/C23H27N3O4.C4H4O4/c1-2-30-23(27)9-5-14-24-15-6-16-25-21-8-4-3-7-18(21)10-11-19-12-13-20(26(28)29)17-22(19)25;5-3-8-2-1-4(6)7/h3-5,7-9,12-13,17,24H,2,6,10-11,14-16H2,1H3;1-3H,(H,6,7)/b9-5+;2-1-. The number of hydrogen-bond acceptors (Lipinski definition) is 9. The van der Waals surface area contributed by atoms with Crippen LogP contribution in [-0.4, -0.2) is 54.7 Å². The zero-order valence-corrected chi connectivity index (χ0v) is 21.1. The molecule has 202 valence electrons. The van der Waals surface area contributed by atoms with Crippen molar-refractivity contribution in [2.75, 3.05) is 31.1 Å². The van der Waals surface area contributed by atoms with E-state index in [4.69, 9.17) is 9.84 Å². The molecule has 0 fully saturated rings. The molecule has 1 heterocycles. The third-order valence-corrected chi connectivity index (χ3v) is 5.40. The quantitative estimate of drug-likeness (QED) is 0.0799. The minimum atomic E-state index is -1.15.